The van der Waals surface area contributed by atoms with E-state index in [-0.39, 0.29) is 30.8 Å². The second-order valence-corrected chi connectivity index (χ2v) is 5.20. The number of benzene rings is 1. The van der Waals surface area contributed by atoms with Crippen molar-refractivity contribution in [2.75, 3.05) is 5.73 Å². The van der Waals surface area contributed by atoms with Gasteiger partial charge in [-0.3, -0.25) is 9.78 Å². The van der Waals surface area contributed by atoms with Crippen LogP contribution in [0, 0.1) is 6.92 Å². The van der Waals surface area contributed by atoms with E-state index in [1.165, 1.54) is 5.56 Å². The molecule has 1 atom stereocenters. The van der Waals surface area contributed by atoms with Crippen molar-refractivity contribution in [1.82, 2.24) is 10.3 Å². The lowest BCUT2D eigenvalue weighted by molar-refractivity contribution is -0.121. The van der Waals surface area contributed by atoms with Crippen LogP contribution in [0.15, 0.2) is 42.6 Å². The van der Waals surface area contributed by atoms with Crippen LogP contribution >= 0.6 is 12.4 Å². The van der Waals surface area contributed by atoms with E-state index >= 15 is 0 Å². The highest BCUT2D eigenvalue weighted by molar-refractivity contribution is 5.85. The third-order valence-corrected chi connectivity index (χ3v) is 3.41. The fraction of sp³-hybridized carbons (Fsp3) is 0.294. The summed E-state index contributed by atoms with van der Waals surface area (Å²) in [5, 5.41) is 3.06. The van der Waals surface area contributed by atoms with E-state index < -0.39 is 0 Å². The monoisotopic (exact) mass is 319 g/mol. The van der Waals surface area contributed by atoms with Crippen molar-refractivity contribution in [3.8, 4) is 0 Å². The zero-order valence-corrected chi connectivity index (χ0v) is 13.7. The normalized spacial score (nSPS) is 11.4. The molecule has 1 aromatic carbocycles. The lowest BCUT2D eigenvalue weighted by Gasteiger charge is -2.17. The first-order valence-corrected chi connectivity index (χ1v) is 7.15. The fourth-order valence-electron chi connectivity index (χ4n) is 2.17. The van der Waals surface area contributed by atoms with E-state index in [0.717, 1.165) is 17.7 Å². The van der Waals surface area contributed by atoms with Gasteiger partial charge in [0.15, 0.2) is 0 Å². The lowest BCUT2D eigenvalue weighted by atomic mass is 10.0. The molecule has 0 aliphatic carbocycles. The average molecular weight is 320 g/mol. The van der Waals surface area contributed by atoms with E-state index in [2.05, 4.69) is 48.4 Å². The topological polar surface area (TPSA) is 68.0 Å². The lowest BCUT2D eigenvalue weighted by Crippen LogP contribution is -2.29. The molecule has 0 radical (unpaired) electrons. The third kappa shape index (κ3) is 5.04. The first-order chi connectivity index (χ1) is 10.1. The summed E-state index contributed by atoms with van der Waals surface area (Å²) in [6.45, 7) is 4.11. The molecule has 2 rings (SSSR count). The van der Waals surface area contributed by atoms with E-state index in [4.69, 9.17) is 5.73 Å². The van der Waals surface area contributed by atoms with Crippen LogP contribution < -0.4 is 11.1 Å². The number of amides is 1. The Kier molecular flexibility index (Phi) is 6.86. The van der Waals surface area contributed by atoms with Gasteiger partial charge in [-0.1, -0.05) is 36.8 Å². The summed E-state index contributed by atoms with van der Waals surface area (Å²) in [5.74, 6) is -0.0281. The highest BCUT2D eigenvalue weighted by Gasteiger charge is 2.13. The van der Waals surface area contributed by atoms with Gasteiger partial charge in [-0.05, 0) is 31.0 Å². The number of aromatic nitrogens is 1. The average Bonchev–Trinajstić information content (AvgIpc) is 2.48. The maximum atomic E-state index is 12.1. The second kappa shape index (κ2) is 8.39. The van der Waals surface area contributed by atoms with Gasteiger partial charge >= 0.3 is 0 Å². The molecular weight excluding hydrogens is 298 g/mol. The molecule has 0 spiro atoms. The molecule has 118 valence electrons. The molecular formula is C17H22ClN3O. The van der Waals surface area contributed by atoms with Crippen molar-refractivity contribution in [3.05, 3.63) is 59.4 Å². The molecule has 0 bridgehead atoms. The van der Waals surface area contributed by atoms with E-state index in [9.17, 15) is 4.79 Å². The number of nitrogen functional groups attached to an aromatic ring is 1. The molecule has 0 fully saturated rings. The van der Waals surface area contributed by atoms with Crippen molar-refractivity contribution in [2.45, 2.75) is 32.7 Å². The largest absolute Gasteiger partial charge is 0.397 e. The number of anilines is 1. The van der Waals surface area contributed by atoms with Crippen LogP contribution in [0.2, 0.25) is 0 Å². The van der Waals surface area contributed by atoms with Gasteiger partial charge in [0.1, 0.15) is 0 Å². The third-order valence-electron chi connectivity index (χ3n) is 3.41. The zero-order chi connectivity index (χ0) is 15.2. The fourth-order valence-corrected chi connectivity index (χ4v) is 2.17. The molecule has 1 unspecified atom stereocenters. The minimum atomic E-state index is -0.0281. The van der Waals surface area contributed by atoms with Crippen molar-refractivity contribution in [2.24, 2.45) is 0 Å². The van der Waals surface area contributed by atoms with Gasteiger partial charge < -0.3 is 11.1 Å². The second-order valence-electron chi connectivity index (χ2n) is 5.20. The minimum absolute atomic E-state index is 0. The van der Waals surface area contributed by atoms with E-state index in [0.29, 0.717) is 5.69 Å². The Morgan fingerprint density at radius 1 is 1.23 bits per heavy atom. The molecule has 5 heteroatoms. The highest BCUT2D eigenvalue weighted by atomic mass is 35.5. The molecule has 1 aromatic heterocycles. The smallest absolute Gasteiger partial charge is 0.226 e. The predicted molar refractivity (Wildman–Crippen MR) is 92.0 cm³/mol. The molecule has 3 N–H and O–H groups in total. The number of aryl methyl sites for hydroxylation is 1. The Hall–Kier alpha value is -2.07. The summed E-state index contributed by atoms with van der Waals surface area (Å²) in [6, 6.07) is 11.8. The Morgan fingerprint density at radius 3 is 2.45 bits per heavy atom. The maximum Gasteiger partial charge on any atom is 0.226 e. The van der Waals surface area contributed by atoms with Crippen molar-refractivity contribution in [1.29, 1.82) is 0 Å². The Balaban J connectivity index is 0.00000242. The molecule has 22 heavy (non-hydrogen) atoms. The zero-order valence-electron chi connectivity index (χ0n) is 12.9. The summed E-state index contributed by atoms with van der Waals surface area (Å²) in [6.07, 6.45) is 2.69. The van der Waals surface area contributed by atoms with Gasteiger partial charge in [-0.15, -0.1) is 12.4 Å². The van der Waals surface area contributed by atoms with Crippen LogP contribution in [0.5, 0.6) is 0 Å². The quantitative estimate of drug-likeness (QED) is 0.889. The minimum Gasteiger partial charge on any atom is -0.397 e. The van der Waals surface area contributed by atoms with Crippen LogP contribution in [-0.4, -0.2) is 10.9 Å². The number of carbonyl (C=O) groups is 1. The number of hydrogen-bond donors (Lipinski definition) is 2. The number of nitrogens with one attached hydrogen (secondary N) is 1. The molecule has 2 aromatic rings. The SMILES string of the molecule is CCC(NC(=O)Cc1ccc(N)cn1)c1ccc(C)cc1.Cl. The van der Waals surface area contributed by atoms with Crippen molar-refractivity contribution < 1.29 is 4.79 Å². The summed E-state index contributed by atoms with van der Waals surface area (Å²) in [7, 11) is 0. The van der Waals surface area contributed by atoms with Crippen LogP contribution in [-0.2, 0) is 11.2 Å². The summed E-state index contributed by atoms with van der Waals surface area (Å²) >= 11 is 0. The van der Waals surface area contributed by atoms with Gasteiger partial charge in [0.05, 0.1) is 24.3 Å². The number of carbonyl (C=O) groups excluding carboxylic acids is 1. The summed E-state index contributed by atoms with van der Waals surface area (Å²) < 4.78 is 0. The van der Waals surface area contributed by atoms with E-state index in [1.54, 1.807) is 18.3 Å². The molecule has 1 amide bonds. The number of pyridine rings is 1. The number of nitrogens with two attached hydrogens (primary N) is 1. The molecule has 0 aliphatic rings. The van der Waals surface area contributed by atoms with Crippen LogP contribution in [0.4, 0.5) is 5.69 Å². The Bertz CT molecular complexity index is 596. The summed E-state index contributed by atoms with van der Waals surface area (Å²) in [5.41, 5.74) is 9.25. The van der Waals surface area contributed by atoms with Gasteiger partial charge in [-0.25, -0.2) is 0 Å². The van der Waals surface area contributed by atoms with Gasteiger partial charge in [0.25, 0.3) is 0 Å². The number of hydrogen-bond acceptors (Lipinski definition) is 3. The highest BCUT2D eigenvalue weighted by Crippen LogP contribution is 2.17. The van der Waals surface area contributed by atoms with Crippen LogP contribution in [0.25, 0.3) is 0 Å². The number of rotatable bonds is 5. The first-order valence-electron chi connectivity index (χ1n) is 7.15. The van der Waals surface area contributed by atoms with Crippen LogP contribution in [0.3, 0.4) is 0 Å². The van der Waals surface area contributed by atoms with Gasteiger partial charge in [-0.2, -0.15) is 0 Å². The molecule has 4 nitrogen and oxygen atoms in total. The van der Waals surface area contributed by atoms with E-state index in [1.807, 2.05) is 0 Å². The predicted octanol–water partition coefficient (Wildman–Crippen LogP) is 3.20. The first kappa shape index (κ1) is 18.0. The molecule has 1 heterocycles. The van der Waals surface area contributed by atoms with Gasteiger partial charge in [0.2, 0.25) is 5.91 Å². The number of nitrogens with zero attached hydrogens (tertiary/aromatic N) is 1. The molecule has 0 saturated heterocycles. The Morgan fingerprint density at radius 2 is 1.91 bits per heavy atom. The van der Waals surface area contributed by atoms with Crippen molar-refractivity contribution in [3.63, 3.8) is 0 Å². The Labute approximate surface area is 137 Å². The standard InChI is InChI=1S/C17H21N3O.ClH/c1-3-16(13-6-4-12(2)5-7-13)20-17(21)10-15-9-8-14(18)11-19-15;/h4-9,11,16H,3,10,18H2,1-2H3,(H,20,21);1H. The van der Waals surface area contributed by atoms with Crippen LogP contribution in [0.1, 0.15) is 36.2 Å². The molecule has 0 saturated carbocycles. The van der Waals surface area contributed by atoms with Crippen molar-refractivity contribution >= 4 is 24.0 Å². The molecule has 0 aliphatic heterocycles. The van der Waals surface area contributed by atoms with Gasteiger partial charge in [0, 0.05) is 5.69 Å². The number of halogens is 1. The summed E-state index contributed by atoms with van der Waals surface area (Å²) in [4.78, 5) is 16.3. The maximum absolute atomic E-state index is 12.1.